The van der Waals surface area contributed by atoms with Crippen LogP contribution in [0.15, 0.2) is 40.5 Å². The molecule has 0 radical (unpaired) electrons. The largest absolute Gasteiger partial charge is 0.451 e. The molecule has 0 saturated heterocycles. The zero-order chi connectivity index (χ0) is 22.2. The van der Waals surface area contributed by atoms with Crippen LogP contribution >= 0.6 is 11.3 Å². The number of benzene rings is 1. The van der Waals surface area contributed by atoms with Crippen molar-refractivity contribution in [1.29, 1.82) is 5.26 Å². The van der Waals surface area contributed by atoms with Gasteiger partial charge in [-0.05, 0) is 23.9 Å². The van der Waals surface area contributed by atoms with Gasteiger partial charge in [0.1, 0.15) is 11.1 Å². The first-order valence-electron chi connectivity index (χ1n) is 9.99. The number of aryl methyl sites for hydroxylation is 1. The molecule has 1 N–H and O–H groups in total. The second kappa shape index (κ2) is 10.5. The van der Waals surface area contributed by atoms with Gasteiger partial charge in [0.25, 0.3) is 11.5 Å². The Bertz CT molecular complexity index is 1190. The molecule has 8 nitrogen and oxygen atoms in total. The molecule has 0 aliphatic heterocycles. The lowest BCUT2D eigenvalue weighted by molar-refractivity contribution is -0.119. The molecule has 1 aromatic carbocycles. The van der Waals surface area contributed by atoms with Crippen molar-refractivity contribution in [1.82, 2.24) is 9.78 Å². The van der Waals surface area contributed by atoms with E-state index in [-0.39, 0.29) is 11.3 Å². The van der Waals surface area contributed by atoms with Gasteiger partial charge < -0.3 is 10.1 Å². The molecule has 0 fully saturated rings. The Hall–Kier alpha value is -3.51. The summed E-state index contributed by atoms with van der Waals surface area (Å²) in [5.74, 6) is -1.36. The number of nitrogens with zero attached hydrogens (tertiary/aromatic N) is 3. The highest BCUT2D eigenvalue weighted by Crippen LogP contribution is 2.22. The van der Waals surface area contributed by atoms with Crippen LogP contribution in [0.4, 0.5) is 5.00 Å². The van der Waals surface area contributed by atoms with E-state index in [9.17, 15) is 14.4 Å². The van der Waals surface area contributed by atoms with Crippen molar-refractivity contribution in [3.8, 4) is 6.07 Å². The van der Waals surface area contributed by atoms with Crippen molar-refractivity contribution in [2.45, 2.75) is 39.2 Å². The number of ether oxygens (including phenoxy) is 1. The van der Waals surface area contributed by atoms with Crippen molar-refractivity contribution >= 4 is 39.0 Å². The van der Waals surface area contributed by atoms with E-state index in [1.165, 1.54) is 16.0 Å². The SMILES string of the molecule is CCCCCCn1nc(C(=O)OCC(=O)Nc2sccc2C#N)c2ccccc2c1=O. The number of anilines is 1. The molecule has 3 aromatic rings. The monoisotopic (exact) mass is 438 g/mol. The number of hydrogen-bond acceptors (Lipinski definition) is 7. The normalized spacial score (nSPS) is 10.6. The summed E-state index contributed by atoms with van der Waals surface area (Å²) in [5, 5.41) is 18.6. The Morgan fingerprint density at radius 3 is 2.71 bits per heavy atom. The lowest BCUT2D eigenvalue weighted by atomic mass is 10.1. The molecular weight excluding hydrogens is 416 g/mol. The predicted octanol–water partition coefficient (Wildman–Crippen LogP) is 3.71. The van der Waals surface area contributed by atoms with Crippen LogP contribution in [0.2, 0.25) is 0 Å². The fourth-order valence-electron chi connectivity index (χ4n) is 3.08. The molecule has 160 valence electrons. The maximum Gasteiger partial charge on any atom is 0.359 e. The third kappa shape index (κ3) is 5.35. The topological polar surface area (TPSA) is 114 Å². The van der Waals surface area contributed by atoms with Gasteiger partial charge in [-0.1, -0.05) is 44.4 Å². The Kier molecular flexibility index (Phi) is 7.51. The molecule has 0 saturated carbocycles. The standard InChI is InChI=1S/C22H22N4O4S/c1-2-3-4-7-11-26-21(28)17-9-6-5-8-16(17)19(25-26)22(29)30-14-18(27)24-20-15(13-23)10-12-31-20/h5-6,8-10,12H,2-4,7,11,14H2,1H3,(H,24,27). The van der Waals surface area contributed by atoms with Crippen molar-refractivity contribution in [2.75, 3.05) is 11.9 Å². The molecule has 0 bridgehead atoms. The lowest BCUT2D eigenvalue weighted by Gasteiger charge is -2.11. The predicted molar refractivity (Wildman–Crippen MR) is 118 cm³/mol. The molecule has 9 heteroatoms. The minimum atomic E-state index is -0.791. The molecular formula is C22H22N4O4S. The van der Waals surface area contributed by atoms with Gasteiger partial charge in [0, 0.05) is 11.9 Å². The van der Waals surface area contributed by atoms with E-state index >= 15 is 0 Å². The third-order valence-corrected chi connectivity index (χ3v) is 5.49. The van der Waals surface area contributed by atoms with Crippen molar-refractivity contribution in [2.24, 2.45) is 0 Å². The summed E-state index contributed by atoms with van der Waals surface area (Å²) in [5.41, 5.74) is 0.0722. The summed E-state index contributed by atoms with van der Waals surface area (Å²) >= 11 is 1.20. The van der Waals surface area contributed by atoms with Gasteiger partial charge in [-0.3, -0.25) is 9.59 Å². The number of carbonyl (C=O) groups excluding carboxylic acids is 2. The van der Waals surface area contributed by atoms with E-state index in [0.717, 1.165) is 25.7 Å². The number of nitrogens with one attached hydrogen (secondary N) is 1. The van der Waals surface area contributed by atoms with Gasteiger partial charge in [0.2, 0.25) is 0 Å². The van der Waals surface area contributed by atoms with Crippen LogP contribution in [0, 0.1) is 11.3 Å². The molecule has 0 unspecified atom stereocenters. The minimum Gasteiger partial charge on any atom is -0.451 e. The van der Waals surface area contributed by atoms with E-state index < -0.39 is 18.5 Å². The highest BCUT2D eigenvalue weighted by Gasteiger charge is 2.19. The molecule has 1 amide bonds. The van der Waals surface area contributed by atoms with Crippen LogP contribution in [-0.2, 0) is 16.1 Å². The molecule has 2 heterocycles. The first-order chi connectivity index (χ1) is 15.0. The van der Waals surface area contributed by atoms with E-state index in [0.29, 0.717) is 27.9 Å². The van der Waals surface area contributed by atoms with Gasteiger partial charge in [-0.2, -0.15) is 10.4 Å². The van der Waals surface area contributed by atoms with Crippen molar-refractivity contribution in [3.63, 3.8) is 0 Å². The van der Waals surface area contributed by atoms with Crippen LogP contribution in [-0.4, -0.2) is 28.3 Å². The highest BCUT2D eigenvalue weighted by atomic mass is 32.1. The van der Waals surface area contributed by atoms with E-state index in [1.54, 1.807) is 35.7 Å². The maximum absolute atomic E-state index is 12.7. The Balaban J connectivity index is 1.76. The van der Waals surface area contributed by atoms with Crippen molar-refractivity contribution < 1.29 is 14.3 Å². The summed E-state index contributed by atoms with van der Waals surface area (Å²) in [7, 11) is 0. The number of aromatic nitrogens is 2. The maximum atomic E-state index is 12.7. The first kappa shape index (κ1) is 22.2. The zero-order valence-corrected chi connectivity index (χ0v) is 17.9. The fourth-order valence-corrected chi connectivity index (χ4v) is 3.84. The number of hydrogen-bond donors (Lipinski definition) is 1. The Morgan fingerprint density at radius 2 is 1.97 bits per heavy atom. The number of amides is 1. The molecule has 3 rings (SSSR count). The molecule has 0 spiro atoms. The molecule has 0 atom stereocenters. The highest BCUT2D eigenvalue weighted by molar-refractivity contribution is 7.14. The molecule has 0 aliphatic carbocycles. The molecule has 2 aromatic heterocycles. The summed E-state index contributed by atoms with van der Waals surface area (Å²) in [6.45, 7) is 1.97. The van der Waals surface area contributed by atoms with Gasteiger partial charge >= 0.3 is 5.97 Å². The van der Waals surface area contributed by atoms with E-state index in [4.69, 9.17) is 10.00 Å². The number of unbranched alkanes of at least 4 members (excludes halogenated alkanes) is 3. The number of nitriles is 1. The molecule has 31 heavy (non-hydrogen) atoms. The average molecular weight is 439 g/mol. The van der Waals surface area contributed by atoms with Crippen LogP contribution in [0.25, 0.3) is 10.8 Å². The summed E-state index contributed by atoms with van der Waals surface area (Å²) in [4.78, 5) is 37.6. The van der Waals surface area contributed by atoms with Gasteiger partial charge in [0.15, 0.2) is 12.3 Å². The number of esters is 1. The number of carbonyl (C=O) groups is 2. The summed E-state index contributed by atoms with van der Waals surface area (Å²) in [6.07, 6.45) is 3.87. The lowest BCUT2D eigenvalue weighted by Crippen LogP contribution is -2.28. The third-order valence-electron chi connectivity index (χ3n) is 4.66. The van der Waals surface area contributed by atoms with Crippen LogP contribution in [0.3, 0.4) is 0 Å². The minimum absolute atomic E-state index is 0.00710. The zero-order valence-electron chi connectivity index (χ0n) is 17.1. The smallest absolute Gasteiger partial charge is 0.359 e. The fraction of sp³-hybridized carbons (Fsp3) is 0.318. The van der Waals surface area contributed by atoms with E-state index in [2.05, 4.69) is 17.3 Å². The van der Waals surface area contributed by atoms with Gasteiger partial charge in [0.05, 0.1) is 10.9 Å². The van der Waals surface area contributed by atoms with Crippen LogP contribution in [0.5, 0.6) is 0 Å². The second-order valence-electron chi connectivity index (χ2n) is 6.88. The van der Waals surface area contributed by atoms with Crippen LogP contribution in [0.1, 0.15) is 48.7 Å². The number of rotatable bonds is 9. The average Bonchev–Trinajstić information content (AvgIpc) is 3.23. The summed E-state index contributed by atoms with van der Waals surface area (Å²) in [6, 6.07) is 10.3. The quantitative estimate of drug-likeness (QED) is 0.402. The summed E-state index contributed by atoms with van der Waals surface area (Å²) < 4.78 is 6.44. The first-order valence-corrected chi connectivity index (χ1v) is 10.9. The van der Waals surface area contributed by atoms with Crippen molar-refractivity contribution in [3.05, 3.63) is 57.3 Å². The van der Waals surface area contributed by atoms with Gasteiger partial charge in [-0.25, -0.2) is 9.48 Å². The second-order valence-corrected chi connectivity index (χ2v) is 7.80. The van der Waals surface area contributed by atoms with Crippen LogP contribution < -0.4 is 10.9 Å². The molecule has 0 aliphatic rings. The number of fused-ring (bicyclic) bond motifs is 1. The van der Waals surface area contributed by atoms with Gasteiger partial charge in [-0.15, -0.1) is 11.3 Å². The van der Waals surface area contributed by atoms with E-state index in [1.807, 2.05) is 6.07 Å². The Labute approximate surface area is 183 Å². The Morgan fingerprint density at radius 1 is 1.19 bits per heavy atom. The number of thiophene rings is 1.